The van der Waals surface area contributed by atoms with Crippen LogP contribution in [0.2, 0.25) is 0 Å². The number of fused-ring (bicyclic) bond motifs is 1. The van der Waals surface area contributed by atoms with Crippen LogP contribution in [0.15, 0.2) is 26.6 Å². The molecule has 0 unspecified atom stereocenters. The van der Waals surface area contributed by atoms with Crippen LogP contribution in [0.4, 0.5) is 0 Å². The van der Waals surface area contributed by atoms with Crippen molar-refractivity contribution in [1.29, 1.82) is 0 Å². The molecule has 4 nitrogen and oxygen atoms in total. The van der Waals surface area contributed by atoms with Gasteiger partial charge in [0, 0.05) is 12.6 Å². The molecular formula is C6H6N4. The molecule has 10 heavy (non-hydrogen) atoms. The molecule has 2 aliphatic rings. The lowest BCUT2D eigenvalue weighted by Crippen LogP contribution is -2.13. The molecule has 2 heterocycles. The Balaban J connectivity index is 2.53. The number of rotatable bonds is 0. The largest absolute Gasteiger partial charge is 0.383 e. The van der Waals surface area contributed by atoms with Crippen LogP contribution < -0.4 is 5.73 Å². The van der Waals surface area contributed by atoms with Gasteiger partial charge in [0.15, 0.2) is 0 Å². The highest BCUT2D eigenvalue weighted by atomic mass is 15.2. The number of nitrogens with two attached hydrogens (primary N) is 1. The van der Waals surface area contributed by atoms with E-state index in [9.17, 15) is 0 Å². The lowest BCUT2D eigenvalue weighted by atomic mass is 10.1. The van der Waals surface area contributed by atoms with Crippen molar-refractivity contribution in [2.45, 2.75) is 6.42 Å². The molecule has 0 saturated carbocycles. The van der Waals surface area contributed by atoms with Gasteiger partial charge in [-0.3, -0.25) is 0 Å². The van der Waals surface area contributed by atoms with Crippen LogP contribution >= 0.6 is 0 Å². The van der Waals surface area contributed by atoms with E-state index in [4.69, 9.17) is 5.73 Å². The minimum absolute atomic E-state index is 0.520. The third-order valence-electron chi connectivity index (χ3n) is 1.47. The molecule has 0 bridgehead atoms. The van der Waals surface area contributed by atoms with Crippen LogP contribution in [-0.4, -0.2) is 18.1 Å². The second-order valence-corrected chi connectivity index (χ2v) is 2.11. The summed E-state index contributed by atoms with van der Waals surface area (Å²) >= 11 is 0. The monoisotopic (exact) mass is 134 g/mol. The molecule has 2 rings (SSSR count). The Kier molecular flexibility index (Phi) is 0.943. The van der Waals surface area contributed by atoms with Gasteiger partial charge in [-0.25, -0.2) is 4.99 Å². The third kappa shape index (κ3) is 0.586. The van der Waals surface area contributed by atoms with Crippen LogP contribution in [0, 0.1) is 0 Å². The van der Waals surface area contributed by atoms with E-state index in [1.165, 1.54) is 0 Å². The van der Waals surface area contributed by atoms with E-state index in [1.54, 1.807) is 12.4 Å². The van der Waals surface area contributed by atoms with E-state index < -0.39 is 0 Å². The van der Waals surface area contributed by atoms with Gasteiger partial charge in [-0.15, -0.1) is 0 Å². The number of hydrogen-bond acceptors (Lipinski definition) is 4. The van der Waals surface area contributed by atoms with Crippen LogP contribution in [-0.2, 0) is 0 Å². The molecule has 0 spiro atoms. The standard InChI is InChI=1S/C6H6N4/c7-6-4-3-9-10-5(4)1-2-8-6/h2-3H,1,7H2. The number of aliphatic imine (C=N–C) groups is 1. The Morgan fingerprint density at radius 2 is 2.40 bits per heavy atom. The fraction of sp³-hybridized carbons (Fsp3) is 0.167. The summed E-state index contributed by atoms with van der Waals surface area (Å²) in [5, 5.41) is 7.59. The summed E-state index contributed by atoms with van der Waals surface area (Å²) in [6.45, 7) is 0. The Hall–Kier alpha value is -1.45. The molecule has 0 amide bonds. The Morgan fingerprint density at radius 1 is 1.50 bits per heavy atom. The van der Waals surface area contributed by atoms with E-state index in [-0.39, 0.29) is 0 Å². The second-order valence-electron chi connectivity index (χ2n) is 2.11. The Labute approximate surface area is 57.9 Å². The van der Waals surface area contributed by atoms with Crippen molar-refractivity contribution in [2.24, 2.45) is 20.9 Å². The lowest BCUT2D eigenvalue weighted by Gasteiger charge is -2.04. The molecule has 2 aliphatic heterocycles. The van der Waals surface area contributed by atoms with E-state index in [0.717, 1.165) is 17.7 Å². The number of nitrogens with zero attached hydrogens (tertiary/aromatic N) is 3. The maximum absolute atomic E-state index is 5.53. The summed E-state index contributed by atoms with van der Waals surface area (Å²) in [4.78, 5) is 3.93. The minimum atomic E-state index is 0.520. The summed E-state index contributed by atoms with van der Waals surface area (Å²) in [6, 6.07) is 0. The predicted octanol–water partition coefficient (Wildman–Crippen LogP) is 0.0716. The summed E-state index contributed by atoms with van der Waals surface area (Å²) < 4.78 is 0. The first-order chi connectivity index (χ1) is 4.88. The molecule has 4 heteroatoms. The molecule has 0 radical (unpaired) electrons. The highest BCUT2D eigenvalue weighted by Crippen LogP contribution is 2.13. The molecule has 0 aliphatic carbocycles. The van der Waals surface area contributed by atoms with Gasteiger partial charge in [0.25, 0.3) is 0 Å². The predicted molar refractivity (Wildman–Crippen MR) is 40.2 cm³/mol. The zero-order valence-electron chi connectivity index (χ0n) is 5.28. The average Bonchev–Trinajstić information content (AvgIpc) is 2.36. The summed E-state index contributed by atoms with van der Waals surface area (Å²) in [7, 11) is 0. The highest BCUT2D eigenvalue weighted by molar-refractivity contribution is 6.23. The van der Waals surface area contributed by atoms with Gasteiger partial charge in [0.05, 0.1) is 17.5 Å². The molecule has 2 N–H and O–H groups in total. The van der Waals surface area contributed by atoms with Crippen LogP contribution in [0.3, 0.4) is 0 Å². The first kappa shape index (κ1) is 5.34. The fourth-order valence-corrected chi connectivity index (χ4v) is 0.949. The van der Waals surface area contributed by atoms with Crippen LogP contribution in [0.1, 0.15) is 6.42 Å². The highest BCUT2D eigenvalue weighted by Gasteiger charge is 2.15. The number of hydrogen-bond donors (Lipinski definition) is 1. The van der Waals surface area contributed by atoms with Crippen molar-refractivity contribution in [3.63, 3.8) is 0 Å². The van der Waals surface area contributed by atoms with Crippen molar-refractivity contribution in [3.8, 4) is 0 Å². The quantitative estimate of drug-likeness (QED) is 0.500. The van der Waals surface area contributed by atoms with Crippen molar-refractivity contribution >= 4 is 18.1 Å². The van der Waals surface area contributed by atoms with Crippen molar-refractivity contribution in [2.75, 3.05) is 0 Å². The van der Waals surface area contributed by atoms with Crippen molar-refractivity contribution < 1.29 is 0 Å². The lowest BCUT2D eigenvalue weighted by molar-refractivity contribution is 1.21. The van der Waals surface area contributed by atoms with Gasteiger partial charge in [-0.1, -0.05) is 0 Å². The summed E-state index contributed by atoms with van der Waals surface area (Å²) in [6.07, 6.45) is 4.13. The maximum Gasteiger partial charge on any atom is 0.133 e. The topological polar surface area (TPSA) is 63.1 Å². The van der Waals surface area contributed by atoms with Crippen molar-refractivity contribution in [3.05, 3.63) is 11.4 Å². The molecule has 0 aromatic carbocycles. The maximum atomic E-state index is 5.53. The molecular weight excluding hydrogens is 128 g/mol. The van der Waals surface area contributed by atoms with E-state index in [1.807, 2.05) is 0 Å². The molecule has 0 atom stereocenters. The first-order valence-corrected chi connectivity index (χ1v) is 3.00. The van der Waals surface area contributed by atoms with Crippen molar-refractivity contribution in [1.82, 2.24) is 0 Å². The van der Waals surface area contributed by atoms with Crippen LogP contribution in [0.5, 0.6) is 0 Å². The smallest absolute Gasteiger partial charge is 0.133 e. The summed E-state index contributed by atoms with van der Waals surface area (Å²) in [5.74, 6) is 0.520. The van der Waals surface area contributed by atoms with Gasteiger partial charge in [-0.05, 0) is 0 Å². The van der Waals surface area contributed by atoms with Gasteiger partial charge in [-0.2, -0.15) is 10.2 Å². The summed E-state index contributed by atoms with van der Waals surface area (Å²) in [5.41, 5.74) is 7.33. The molecule has 0 aromatic rings. The Morgan fingerprint density at radius 3 is 3.20 bits per heavy atom. The first-order valence-electron chi connectivity index (χ1n) is 3.00. The minimum Gasteiger partial charge on any atom is -0.383 e. The average molecular weight is 134 g/mol. The number of allylic oxidation sites excluding steroid dienone is 1. The third-order valence-corrected chi connectivity index (χ3v) is 1.47. The molecule has 0 saturated heterocycles. The van der Waals surface area contributed by atoms with Gasteiger partial charge in [0.2, 0.25) is 0 Å². The molecule has 50 valence electrons. The second kappa shape index (κ2) is 1.76. The Bertz CT molecular complexity index is 282. The SMILES string of the molecule is NC1=C2C=NN=C2CC=N1. The van der Waals surface area contributed by atoms with Gasteiger partial charge in [0.1, 0.15) is 5.82 Å². The van der Waals surface area contributed by atoms with E-state index in [2.05, 4.69) is 15.2 Å². The zero-order chi connectivity index (χ0) is 6.97. The van der Waals surface area contributed by atoms with Gasteiger partial charge < -0.3 is 5.73 Å². The molecule has 0 fully saturated rings. The van der Waals surface area contributed by atoms with Crippen LogP contribution in [0.25, 0.3) is 0 Å². The normalized spacial score (nSPS) is 21.4. The van der Waals surface area contributed by atoms with Gasteiger partial charge >= 0.3 is 0 Å². The zero-order valence-corrected chi connectivity index (χ0v) is 5.28. The fourth-order valence-electron chi connectivity index (χ4n) is 0.949. The molecule has 0 aromatic heterocycles. The van der Waals surface area contributed by atoms with E-state index >= 15 is 0 Å². The van der Waals surface area contributed by atoms with E-state index in [0.29, 0.717) is 5.82 Å².